The minimum atomic E-state index is -0.492. The predicted molar refractivity (Wildman–Crippen MR) is 137 cm³/mol. The number of hydrazone groups is 1. The molecule has 6 nitrogen and oxygen atoms in total. The van der Waals surface area contributed by atoms with Crippen molar-refractivity contribution in [3.63, 3.8) is 0 Å². The number of amides is 1. The first-order valence-electron chi connectivity index (χ1n) is 10.3. The molecule has 0 radical (unpaired) electrons. The van der Waals surface area contributed by atoms with E-state index in [0.717, 1.165) is 15.4 Å². The van der Waals surface area contributed by atoms with Crippen LogP contribution in [0, 0.1) is 0 Å². The molecule has 174 valence electrons. The third-order valence-corrected chi connectivity index (χ3v) is 5.75. The Morgan fingerprint density at radius 3 is 2.65 bits per heavy atom. The molecule has 1 N–H and O–H groups in total. The van der Waals surface area contributed by atoms with Crippen LogP contribution in [0.4, 0.5) is 0 Å². The monoisotopic (exact) mass is 560 g/mol. The normalized spacial score (nSPS) is 11.2. The van der Waals surface area contributed by atoms with Crippen molar-refractivity contribution in [3.05, 3.63) is 92.1 Å². The third-order valence-electron chi connectivity index (χ3n) is 4.71. The summed E-state index contributed by atoms with van der Waals surface area (Å²) in [6.45, 7) is 2.63. The van der Waals surface area contributed by atoms with E-state index >= 15 is 0 Å². The number of ether oxygens (including phenoxy) is 2. The van der Waals surface area contributed by atoms with Crippen molar-refractivity contribution in [1.82, 2.24) is 5.43 Å². The fourth-order valence-corrected chi connectivity index (χ4v) is 3.87. The average Bonchev–Trinajstić information content (AvgIpc) is 3.23. The largest absolute Gasteiger partial charge is 0.490 e. The summed E-state index contributed by atoms with van der Waals surface area (Å²) in [6.07, 6.45) is 1.46. The smallest absolute Gasteiger partial charge is 0.307 e. The second-order valence-corrected chi connectivity index (χ2v) is 8.93. The summed E-state index contributed by atoms with van der Waals surface area (Å²) in [5.74, 6) is 0.552. The Morgan fingerprint density at radius 2 is 1.88 bits per heavy atom. The van der Waals surface area contributed by atoms with Crippen molar-refractivity contribution in [2.24, 2.45) is 5.10 Å². The van der Waals surface area contributed by atoms with E-state index in [4.69, 9.17) is 37.1 Å². The summed E-state index contributed by atoms with van der Waals surface area (Å²) in [5, 5.41) is 5.66. The van der Waals surface area contributed by atoms with E-state index in [2.05, 4.69) is 26.5 Å². The van der Waals surface area contributed by atoms with E-state index in [1.165, 1.54) is 6.21 Å². The molecule has 0 spiro atoms. The second kappa shape index (κ2) is 11.0. The first kappa shape index (κ1) is 24.1. The fourth-order valence-electron chi connectivity index (χ4n) is 3.15. The van der Waals surface area contributed by atoms with Gasteiger partial charge in [-0.2, -0.15) is 5.10 Å². The number of carbonyl (C=O) groups excluding carboxylic acids is 1. The molecule has 0 atom stereocenters. The van der Waals surface area contributed by atoms with Crippen molar-refractivity contribution in [3.8, 4) is 11.5 Å². The van der Waals surface area contributed by atoms with Crippen LogP contribution >= 0.6 is 39.1 Å². The molecular weight excluding hydrogens is 543 g/mol. The number of carbonyl (C=O) groups is 1. The highest BCUT2D eigenvalue weighted by Crippen LogP contribution is 2.37. The number of nitrogens with one attached hydrogen (secondary N) is 1. The minimum Gasteiger partial charge on any atom is -0.490 e. The Labute approximate surface area is 214 Å². The lowest BCUT2D eigenvalue weighted by Crippen LogP contribution is -2.16. The van der Waals surface area contributed by atoms with Crippen LogP contribution < -0.4 is 14.9 Å². The van der Waals surface area contributed by atoms with Crippen molar-refractivity contribution in [1.29, 1.82) is 0 Å². The Kier molecular flexibility index (Phi) is 7.77. The predicted octanol–water partition coefficient (Wildman–Crippen LogP) is 7.24. The Bertz CT molecular complexity index is 1350. The van der Waals surface area contributed by atoms with Gasteiger partial charge in [0.25, 0.3) is 0 Å². The summed E-state index contributed by atoms with van der Waals surface area (Å²) in [6, 6.07) is 17.9. The van der Waals surface area contributed by atoms with Gasteiger partial charge >= 0.3 is 5.91 Å². The topological polar surface area (TPSA) is 73.1 Å². The maximum atomic E-state index is 12.4. The first-order valence-corrected chi connectivity index (χ1v) is 11.8. The van der Waals surface area contributed by atoms with Crippen molar-refractivity contribution >= 4 is 62.2 Å². The van der Waals surface area contributed by atoms with Crippen LogP contribution in [-0.4, -0.2) is 18.7 Å². The van der Waals surface area contributed by atoms with Crippen molar-refractivity contribution in [2.75, 3.05) is 6.61 Å². The molecule has 34 heavy (non-hydrogen) atoms. The van der Waals surface area contributed by atoms with Crippen LogP contribution in [0.2, 0.25) is 10.0 Å². The highest BCUT2D eigenvalue weighted by molar-refractivity contribution is 9.10. The van der Waals surface area contributed by atoms with Gasteiger partial charge in [-0.3, -0.25) is 4.79 Å². The molecule has 0 unspecified atom stereocenters. The zero-order valence-electron chi connectivity index (χ0n) is 18.0. The molecular formula is C25H19BrCl2N2O4. The molecule has 1 heterocycles. The quantitative estimate of drug-likeness (QED) is 0.182. The summed E-state index contributed by atoms with van der Waals surface area (Å²) < 4.78 is 18.2. The van der Waals surface area contributed by atoms with Crippen LogP contribution in [0.3, 0.4) is 0 Å². The molecule has 0 saturated heterocycles. The number of hydrogen-bond donors (Lipinski definition) is 1. The number of nitrogens with zero attached hydrogens (tertiary/aromatic N) is 1. The fraction of sp³-hybridized carbons (Fsp3) is 0.120. The summed E-state index contributed by atoms with van der Waals surface area (Å²) in [4.78, 5) is 12.4. The van der Waals surface area contributed by atoms with E-state index in [9.17, 15) is 4.79 Å². The van der Waals surface area contributed by atoms with Gasteiger partial charge in [0.1, 0.15) is 12.2 Å². The maximum absolute atomic E-state index is 12.4. The molecule has 0 fully saturated rings. The molecule has 4 aromatic rings. The summed E-state index contributed by atoms with van der Waals surface area (Å²) in [7, 11) is 0. The third kappa shape index (κ3) is 5.91. The van der Waals surface area contributed by atoms with Gasteiger partial charge in [0.2, 0.25) is 0 Å². The number of benzene rings is 3. The Hall–Kier alpha value is -3.00. The molecule has 0 aliphatic heterocycles. The molecule has 0 aliphatic rings. The first-order chi connectivity index (χ1) is 16.4. The van der Waals surface area contributed by atoms with E-state index in [1.54, 1.807) is 36.4 Å². The number of halogens is 3. The number of hydrogen-bond acceptors (Lipinski definition) is 5. The van der Waals surface area contributed by atoms with E-state index in [-0.39, 0.29) is 5.76 Å². The lowest BCUT2D eigenvalue weighted by atomic mass is 10.2. The Morgan fingerprint density at radius 1 is 1.09 bits per heavy atom. The summed E-state index contributed by atoms with van der Waals surface area (Å²) >= 11 is 15.9. The van der Waals surface area contributed by atoms with Crippen LogP contribution in [0.5, 0.6) is 11.5 Å². The van der Waals surface area contributed by atoms with Crippen LogP contribution in [0.25, 0.3) is 11.0 Å². The highest BCUT2D eigenvalue weighted by Gasteiger charge is 2.14. The van der Waals surface area contributed by atoms with Gasteiger partial charge in [-0.25, -0.2) is 5.43 Å². The number of furan rings is 1. The van der Waals surface area contributed by atoms with Crippen LogP contribution in [0.15, 0.2) is 74.7 Å². The average molecular weight is 562 g/mol. The van der Waals surface area contributed by atoms with Gasteiger partial charge in [0.15, 0.2) is 17.3 Å². The standard InChI is InChI=1S/C25H19BrCl2N2O4/c1-2-32-22-10-16(9-20(28)24(22)33-14-15-3-5-18(26)6-4-15)13-29-30-25(31)23-12-17-11-19(27)7-8-21(17)34-23/h3-13H,2,14H2,1H3,(H,30,31)/b29-13+. The minimum absolute atomic E-state index is 0.124. The van der Waals surface area contributed by atoms with Gasteiger partial charge in [-0.15, -0.1) is 0 Å². The molecule has 0 aliphatic carbocycles. The van der Waals surface area contributed by atoms with E-state index in [1.807, 2.05) is 31.2 Å². The maximum Gasteiger partial charge on any atom is 0.307 e. The zero-order chi connectivity index (χ0) is 24.1. The molecule has 0 bridgehead atoms. The molecule has 1 aromatic heterocycles. The van der Waals surface area contributed by atoms with Gasteiger partial charge in [0.05, 0.1) is 17.8 Å². The van der Waals surface area contributed by atoms with Gasteiger partial charge in [-0.05, 0) is 66.6 Å². The zero-order valence-corrected chi connectivity index (χ0v) is 21.1. The second-order valence-electron chi connectivity index (χ2n) is 7.17. The van der Waals surface area contributed by atoms with E-state index in [0.29, 0.717) is 45.9 Å². The van der Waals surface area contributed by atoms with Crippen molar-refractivity contribution in [2.45, 2.75) is 13.5 Å². The van der Waals surface area contributed by atoms with Gasteiger partial charge < -0.3 is 13.9 Å². The van der Waals surface area contributed by atoms with Gasteiger partial charge in [-0.1, -0.05) is 51.3 Å². The summed E-state index contributed by atoms with van der Waals surface area (Å²) in [5.41, 5.74) is 4.62. The molecule has 9 heteroatoms. The number of fused-ring (bicyclic) bond motifs is 1. The van der Waals surface area contributed by atoms with Crippen molar-refractivity contribution < 1.29 is 18.7 Å². The van der Waals surface area contributed by atoms with E-state index < -0.39 is 5.91 Å². The number of rotatable bonds is 8. The molecule has 3 aromatic carbocycles. The lowest BCUT2D eigenvalue weighted by molar-refractivity contribution is 0.0929. The van der Waals surface area contributed by atoms with Crippen LogP contribution in [-0.2, 0) is 6.61 Å². The lowest BCUT2D eigenvalue weighted by Gasteiger charge is -2.14. The molecule has 1 amide bonds. The highest BCUT2D eigenvalue weighted by atomic mass is 79.9. The SMILES string of the molecule is CCOc1cc(/C=N/NC(=O)c2cc3cc(Cl)ccc3o2)cc(Cl)c1OCc1ccc(Br)cc1. The Balaban J connectivity index is 1.46. The molecule has 4 rings (SSSR count). The molecule has 0 saturated carbocycles. The van der Waals surface area contributed by atoms with Crippen LogP contribution in [0.1, 0.15) is 28.6 Å². The van der Waals surface area contributed by atoms with Gasteiger partial charge in [0, 0.05) is 14.9 Å².